The smallest absolute Gasteiger partial charge is 0.373 e. The molecule has 85 heavy (non-hydrogen) atoms. The molecule has 0 bridgehead atoms. The minimum absolute atomic E-state index is 0.117. The molecule has 30 heteroatoms. The lowest BCUT2D eigenvalue weighted by molar-refractivity contribution is -0.193. The lowest BCUT2D eigenvalue weighted by Gasteiger charge is -2.16. The molecule has 0 fully saturated rings. The van der Waals surface area contributed by atoms with Crippen LogP contribution in [-0.2, 0) is 212 Å². The van der Waals surface area contributed by atoms with E-state index in [4.69, 9.17) is 60.5 Å². The monoisotopic (exact) mass is 1480 g/mol. The molecule has 0 unspecified atom stereocenters. The number of phenols is 4. The summed E-state index contributed by atoms with van der Waals surface area (Å²) >= 11 is 9.49. The van der Waals surface area contributed by atoms with E-state index in [1.54, 1.807) is 169 Å². The molecule has 450 valence electrons. The van der Waals surface area contributed by atoms with Crippen LogP contribution in [0.5, 0.6) is 34.5 Å². The van der Waals surface area contributed by atoms with E-state index >= 15 is 0 Å². The fraction of sp³-hybridized carbons (Fsp3) is 0.164. The Morgan fingerprint density at radius 2 is 0.894 bits per heavy atom. The van der Waals surface area contributed by atoms with Crippen LogP contribution in [0.15, 0.2) is 152 Å². The van der Waals surface area contributed by atoms with Crippen LogP contribution < -0.4 is 9.47 Å². The zero-order valence-electron chi connectivity index (χ0n) is 44.6. The van der Waals surface area contributed by atoms with E-state index in [0.717, 1.165) is 79.6 Å². The van der Waals surface area contributed by atoms with Crippen LogP contribution in [0.2, 0.25) is 0 Å². The molecule has 0 aliphatic rings. The Balaban J connectivity index is 0.000000274. The van der Waals surface area contributed by atoms with Crippen molar-refractivity contribution in [3.05, 3.63) is 179 Å². The Labute approximate surface area is 546 Å². The molecule has 0 heterocycles. The summed E-state index contributed by atoms with van der Waals surface area (Å²) in [7, 11) is 30.5. The van der Waals surface area contributed by atoms with Crippen LogP contribution in [-0.4, -0.2) is 67.0 Å². The molecule has 0 saturated heterocycles. The number of hydrogen-bond donors (Lipinski definition) is 4. The third-order valence-corrected chi connectivity index (χ3v) is 44.4. The normalized spacial score (nSPS) is 9.64. The highest BCUT2D eigenvalue weighted by molar-refractivity contribution is 8.77. The van der Waals surface area contributed by atoms with Crippen LogP contribution in [0.3, 0.4) is 0 Å². The van der Waals surface area contributed by atoms with E-state index < -0.39 is 0 Å². The molecule has 0 aromatic heterocycles. The third kappa shape index (κ3) is 26.9. The van der Waals surface area contributed by atoms with Crippen molar-refractivity contribution in [3.63, 3.8) is 0 Å². The van der Waals surface area contributed by atoms with Crippen molar-refractivity contribution in [3.8, 4) is 56.8 Å². The number of carbonyl (C=O) groups excluding carboxylic acids is 4. The lowest BCUT2D eigenvalue weighted by atomic mass is 9.95. The van der Waals surface area contributed by atoms with Crippen molar-refractivity contribution in [1.29, 1.82) is 0 Å². The molecule has 0 aliphatic carbocycles. The maximum Gasteiger partial charge on any atom is 0.373 e. The van der Waals surface area contributed by atoms with E-state index in [1.807, 2.05) is 97.1 Å². The number of hydrogen-bond acceptors (Lipinski definition) is 14. The van der Waals surface area contributed by atoms with E-state index in [2.05, 4.69) is 31.2 Å². The van der Waals surface area contributed by atoms with Gasteiger partial charge in [0, 0.05) is 206 Å². The first-order valence-electron chi connectivity index (χ1n) is 23.9. The van der Waals surface area contributed by atoms with Gasteiger partial charge in [0.2, 0.25) is 0 Å². The van der Waals surface area contributed by atoms with Gasteiger partial charge in [-0.15, -0.1) is 0 Å². The quantitative estimate of drug-likeness (QED) is 0.0595. The van der Waals surface area contributed by atoms with Crippen molar-refractivity contribution in [2.45, 2.75) is 26.2 Å². The van der Waals surface area contributed by atoms with Gasteiger partial charge in [0.15, 0.2) is 6.79 Å². The molecule has 12 nitrogen and oxygen atoms in total. The average Bonchev–Trinajstić information content (AvgIpc) is 2.30. The number of aryl methyl sites for hydroxylation is 1. The zero-order valence-corrected chi connectivity index (χ0v) is 59.3. The molecule has 0 saturated carbocycles. The zero-order chi connectivity index (χ0) is 61.4. The fourth-order valence-electron chi connectivity index (χ4n) is 7.57. The first-order valence-corrected chi connectivity index (χ1v) is 46.6. The number of aromatic hydroxyl groups is 4. The average molecular weight is 1480 g/mol. The van der Waals surface area contributed by atoms with Crippen LogP contribution in [0, 0.1) is 0 Å². The number of rotatable bonds is 14. The van der Waals surface area contributed by atoms with E-state index in [-0.39, 0.29) is 42.1 Å². The summed E-state index contributed by atoms with van der Waals surface area (Å²) in [6.45, 7) is 3.22. The Hall–Kier alpha value is -4.28. The van der Waals surface area contributed by atoms with Crippen molar-refractivity contribution >= 4 is 198 Å². The third-order valence-electron chi connectivity index (χ3n) is 11.1. The van der Waals surface area contributed by atoms with E-state index in [0.29, 0.717) is 30.4 Å². The summed E-state index contributed by atoms with van der Waals surface area (Å²) in [4.78, 5) is 32.5. The molecular formula is C55H50O12S18. The number of fused-ring (bicyclic) bond motifs is 2. The fourth-order valence-corrected chi connectivity index (χ4v) is 46.0. The molecule has 0 amide bonds. The van der Waals surface area contributed by atoms with Gasteiger partial charge in [-0.25, -0.2) is 0 Å². The Morgan fingerprint density at radius 1 is 0.412 bits per heavy atom. The summed E-state index contributed by atoms with van der Waals surface area (Å²) in [6.07, 6.45) is 2.68. The highest BCUT2D eigenvalue weighted by Gasteiger charge is 2.15. The molecular weight excluding hydrogens is 1430 g/mol. The molecule has 8 aromatic carbocycles. The molecule has 0 atom stereocenters. The Kier molecular flexibility index (Phi) is 38.1. The lowest BCUT2D eigenvalue weighted by Crippen LogP contribution is -2.09. The van der Waals surface area contributed by atoms with Gasteiger partial charge < -0.3 is 39.4 Å². The van der Waals surface area contributed by atoms with Gasteiger partial charge in [0.25, 0.3) is 0 Å². The van der Waals surface area contributed by atoms with E-state index in [1.165, 1.54) is 23.3 Å². The van der Waals surface area contributed by atoms with Crippen molar-refractivity contribution in [2.75, 3.05) is 34.2 Å². The van der Waals surface area contributed by atoms with Gasteiger partial charge >= 0.3 is 12.3 Å². The molecule has 0 radical (unpaired) electrons. The molecule has 8 rings (SSSR count). The summed E-state index contributed by atoms with van der Waals surface area (Å²) in [5.41, 5.74) is 8.86. The second-order valence-electron chi connectivity index (χ2n) is 16.0. The largest absolute Gasteiger partial charge is 0.508 e. The molecule has 4 N–H and O–H groups in total. The molecule has 8 aromatic rings. The number of phenolic OH excluding ortho intramolecular Hbond substituents is 4. The Bertz CT molecular complexity index is 4300. The minimum atomic E-state index is 0.117. The second kappa shape index (κ2) is 44.2. The first kappa shape index (κ1) is 73.2. The van der Waals surface area contributed by atoms with Gasteiger partial charge in [-0.05, 0) is 123 Å². The summed E-state index contributed by atoms with van der Waals surface area (Å²) in [6, 6.07) is 48.3. The van der Waals surface area contributed by atoms with Crippen molar-refractivity contribution in [1.82, 2.24) is 0 Å². The van der Waals surface area contributed by atoms with Crippen LogP contribution in [0.1, 0.15) is 34.7 Å². The standard InChI is InChI=1S/C30H32O5.C23H18O3.2CO2.S18/c1-4-21-15-27-26(28(31)16-21)18-24(19-30(27)33-3)23-10-11-29(35-20-34-13-12-32-2)25(17-23)14-22-8-6-5-7-9-22;24-21-10-9-16(12-18(21)11-15-5-2-1-3-6-15)17-13-20-19(23(26)14-17)7-4-8-22(20)25;2*2-1-3;1-3-5-7-9-11-13-15-17-18-16-14-12-10-8-6-4-2/h5-11,15-19,31H,4,12-14,20H2,1-3H3;1-10,12-14,24-26H,11H2;;;. The van der Waals surface area contributed by atoms with Gasteiger partial charge in [-0.1, -0.05) is 91.9 Å². The Morgan fingerprint density at radius 3 is 1.41 bits per heavy atom. The number of methoxy groups -OCH3 is 2. The van der Waals surface area contributed by atoms with Crippen molar-refractivity contribution < 1.29 is 58.6 Å². The molecule has 0 spiro atoms. The number of ether oxygens (including phenoxy) is 4. The minimum Gasteiger partial charge on any atom is -0.508 e. The van der Waals surface area contributed by atoms with E-state index in [9.17, 15) is 20.4 Å². The van der Waals surface area contributed by atoms with Gasteiger partial charge in [0.1, 0.15) is 34.5 Å². The van der Waals surface area contributed by atoms with Gasteiger partial charge in [0.05, 0.1) is 20.3 Å². The SMILES string of the molecule is CCc1cc(O)c2cc(-c3ccc(OCOCCOC)c(Cc4ccccc4)c3)cc(OC)c2c1.O=C=O.O=C=O.Oc1ccc(-c2cc(O)c3cccc(O)c3c2)cc1Cc1ccccc1.S=S=S=S=S=S=S=S=S=S=S=S=S=S=S=S=S=S. The second-order valence-corrected chi connectivity index (χ2v) is 44.3. The first-order chi connectivity index (χ1) is 41.5. The maximum absolute atomic E-state index is 10.7. The van der Waals surface area contributed by atoms with Crippen molar-refractivity contribution in [2.24, 2.45) is 0 Å². The maximum atomic E-state index is 10.7. The summed E-state index contributed by atoms with van der Waals surface area (Å²) < 4.78 is 22.2. The van der Waals surface area contributed by atoms with Crippen LogP contribution in [0.4, 0.5) is 0 Å². The highest BCUT2D eigenvalue weighted by Crippen LogP contribution is 2.40. The van der Waals surface area contributed by atoms with Gasteiger partial charge in [-0.3, -0.25) is 0 Å². The van der Waals surface area contributed by atoms with Crippen LogP contribution in [0.25, 0.3) is 43.8 Å². The number of benzene rings is 8. The van der Waals surface area contributed by atoms with Gasteiger partial charge in [-0.2, -0.15) is 19.2 Å². The topological polar surface area (TPSA) is 186 Å². The predicted octanol–water partition coefficient (Wildman–Crippen LogP) is 10.4. The predicted molar refractivity (Wildman–Crippen MR) is 386 cm³/mol. The summed E-state index contributed by atoms with van der Waals surface area (Å²) in [5.74, 6) is 2.26. The molecule has 0 aliphatic heterocycles. The summed E-state index contributed by atoms with van der Waals surface area (Å²) in [5, 5.41) is 44.3. The van der Waals surface area contributed by atoms with Crippen LogP contribution >= 0.6 is 0 Å². The highest BCUT2D eigenvalue weighted by atomic mass is 33.5.